The maximum atomic E-state index is 5.53. The van der Waals surface area contributed by atoms with E-state index in [1.807, 2.05) is 6.08 Å². The molecule has 0 saturated carbocycles. The van der Waals surface area contributed by atoms with Crippen molar-refractivity contribution in [1.29, 1.82) is 0 Å². The van der Waals surface area contributed by atoms with Crippen LogP contribution in [0, 0.1) is 5.92 Å². The molecule has 3 heteroatoms. The van der Waals surface area contributed by atoms with E-state index in [0.29, 0.717) is 11.8 Å². The van der Waals surface area contributed by atoms with Crippen LogP contribution in [0.4, 0.5) is 0 Å². The molecule has 2 heterocycles. The topological polar surface area (TPSA) is 47.6 Å². The Hall–Kier alpha value is -0.830. The highest BCUT2D eigenvalue weighted by Crippen LogP contribution is 2.23. The molecule has 0 radical (unpaired) electrons. The third-order valence-electron chi connectivity index (χ3n) is 2.23. The zero-order valence-corrected chi connectivity index (χ0v) is 6.42. The summed E-state index contributed by atoms with van der Waals surface area (Å²) in [7, 11) is 0. The number of rotatable bonds is 1. The molecule has 0 aromatic carbocycles. The summed E-state index contributed by atoms with van der Waals surface area (Å²) in [4.78, 5) is 4.11. The van der Waals surface area contributed by atoms with E-state index in [0.717, 1.165) is 26.2 Å². The molecular weight excluding hydrogens is 140 g/mol. The molecule has 1 atom stereocenters. The summed E-state index contributed by atoms with van der Waals surface area (Å²) >= 11 is 0. The number of amidine groups is 1. The lowest BCUT2D eigenvalue weighted by atomic mass is 9.99. The minimum absolute atomic E-state index is 0.583. The Labute approximate surface area is 65.9 Å². The quantitative estimate of drug-likeness (QED) is 0.588. The van der Waals surface area contributed by atoms with Crippen LogP contribution in [-0.4, -0.2) is 25.6 Å². The lowest BCUT2D eigenvalue weighted by molar-refractivity contribution is 0.190. The van der Waals surface area contributed by atoms with Crippen molar-refractivity contribution in [3.63, 3.8) is 0 Å². The van der Waals surface area contributed by atoms with E-state index in [1.165, 1.54) is 5.57 Å². The second kappa shape index (κ2) is 2.66. The summed E-state index contributed by atoms with van der Waals surface area (Å²) in [6.45, 7) is 2.54. The van der Waals surface area contributed by atoms with Gasteiger partial charge in [-0.3, -0.25) is 4.99 Å². The Kier molecular flexibility index (Phi) is 1.66. The SMILES string of the molecule is NC1=NCC(C2CCOC2)=C1. The summed E-state index contributed by atoms with van der Waals surface area (Å²) in [6.07, 6.45) is 3.12. The van der Waals surface area contributed by atoms with Gasteiger partial charge in [-0.05, 0) is 18.1 Å². The normalized spacial score (nSPS) is 30.4. The highest BCUT2D eigenvalue weighted by Gasteiger charge is 2.21. The van der Waals surface area contributed by atoms with Gasteiger partial charge in [0.05, 0.1) is 13.2 Å². The molecule has 0 aromatic heterocycles. The molecule has 0 amide bonds. The van der Waals surface area contributed by atoms with Crippen molar-refractivity contribution < 1.29 is 4.74 Å². The van der Waals surface area contributed by atoms with Crippen LogP contribution in [0.5, 0.6) is 0 Å². The molecule has 11 heavy (non-hydrogen) atoms. The van der Waals surface area contributed by atoms with E-state index in [9.17, 15) is 0 Å². The highest BCUT2D eigenvalue weighted by molar-refractivity contribution is 5.94. The largest absolute Gasteiger partial charge is 0.384 e. The first kappa shape index (κ1) is 6.85. The lowest BCUT2D eigenvalue weighted by Gasteiger charge is -2.05. The van der Waals surface area contributed by atoms with E-state index in [2.05, 4.69) is 4.99 Å². The Morgan fingerprint density at radius 2 is 2.55 bits per heavy atom. The van der Waals surface area contributed by atoms with Gasteiger partial charge in [-0.15, -0.1) is 0 Å². The average Bonchev–Trinajstić information content (AvgIpc) is 2.55. The van der Waals surface area contributed by atoms with E-state index in [4.69, 9.17) is 10.5 Å². The van der Waals surface area contributed by atoms with E-state index in [-0.39, 0.29) is 0 Å². The average molecular weight is 152 g/mol. The minimum atomic E-state index is 0.583. The smallest absolute Gasteiger partial charge is 0.118 e. The fourth-order valence-electron chi connectivity index (χ4n) is 1.54. The molecule has 3 nitrogen and oxygen atoms in total. The van der Waals surface area contributed by atoms with Gasteiger partial charge in [-0.1, -0.05) is 0 Å². The van der Waals surface area contributed by atoms with Crippen LogP contribution in [-0.2, 0) is 4.74 Å². The highest BCUT2D eigenvalue weighted by atomic mass is 16.5. The Balaban J connectivity index is 2.02. The minimum Gasteiger partial charge on any atom is -0.384 e. The number of ether oxygens (including phenoxy) is 1. The Morgan fingerprint density at radius 1 is 1.64 bits per heavy atom. The van der Waals surface area contributed by atoms with Crippen molar-refractivity contribution in [3.05, 3.63) is 11.6 Å². The van der Waals surface area contributed by atoms with Gasteiger partial charge in [0.25, 0.3) is 0 Å². The molecule has 2 N–H and O–H groups in total. The first-order valence-corrected chi connectivity index (χ1v) is 3.94. The van der Waals surface area contributed by atoms with Gasteiger partial charge in [-0.25, -0.2) is 0 Å². The zero-order chi connectivity index (χ0) is 7.68. The van der Waals surface area contributed by atoms with Gasteiger partial charge < -0.3 is 10.5 Å². The van der Waals surface area contributed by atoms with Crippen LogP contribution in [0.3, 0.4) is 0 Å². The fraction of sp³-hybridized carbons (Fsp3) is 0.625. The van der Waals surface area contributed by atoms with Crippen molar-refractivity contribution in [2.75, 3.05) is 19.8 Å². The van der Waals surface area contributed by atoms with Gasteiger partial charge in [0.1, 0.15) is 5.84 Å². The molecule has 0 aromatic rings. The molecule has 0 bridgehead atoms. The predicted octanol–water partition coefficient (Wildman–Crippen LogP) is 0.320. The first-order valence-electron chi connectivity index (χ1n) is 3.94. The standard InChI is InChI=1S/C8H12N2O/c9-8-3-7(4-10-8)6-1-2-11-5-6/h3,6H,1-2,4-5H2,(H2,9,10). The summed E-state index contributed by atoms with van der Waals surface area (Å²) in [5.41, 5.74) is 6.87. The second-order valence-electron chi connectivity index (χ2n) is 3.02. The lowest BCUT2D eigenvalue weighted by Crippen LogP contribution is -2.06. The summed E-state index contributed by atoms with van der Waals surface area (Å²) in [5, 5.41) is 0. The van der Waals surface area contributed by atoms with E-state index >= 15 is 0 Å². The van der Waals surface area contributed by atoms with Gasteiger partial charge in [0.2, 0.25) is 0 Å². The third-order valence-corrected chi connectivity index (χ3v) is 2.23. The number of nitrogens with two attached hydrogens (primary N) is 1. The van der Waals surface area contributed by atoms with E-state index < -0.39 is 0 Å². The maximum absolute atomic E-state index is 5.53. The van der Waals surface area contributed by atoms with E-state index in [1.54, 1.807) is 0 Å². The molecule has 2 aliphatic heterocycles. The van der Waals surface area contributed by atoms with Crippen molar-refractivity contribution >= 4 is 5.84 Å². The molecule has 2 rings (SSSR count). The van der Waals surface area contributed by atoms with Gasteiger partial charge in [0.15, 0.2) is 0 Å². The van der Waals surface area contributed by atoms with Crippen LogP contribution >= 0.6 is 0 Å². The third kappa shape index (κ3) is 1.28. The molecule has 2 aliphatic rings. The van der Waals surface area contributed by atoms with Crippen molar-refractivity contribution in [1.82, 2.24) is 0 Å². The molecule has 0 spiro atoms. The maximum Gasteiger partial charge on any atom is 0.118 e. The van der Waals surface area contributed by atoms with Crippen LogP contribution in [0.1, 0.15) is 6.42 Å². The molecule has 1 fully saturated rings. The van der Waals surface area contributed by atoms with Crippen molar-refractivity contribution in [2.24, 2.45) is 16.6 Å². The monoisotopic (exact) mass is 152 g/mol. The van der Waals surface area contributed by atoms with Crippen molar-refractivity contribution in [2.45, 2.75) is 6.42 Å². The van der Waals surface area contributed by atoms with Crippen molar-refractivity contribution in [3.8, 4) is 0 Å². The second-order valence-corrected chi connectivity index (χ2v) is 3.02. The van der Waals surface area contributed by atoms with Crippen LogP contribution in [0.2, 0.25) is 0 Å². The molecule has 1 saturated heterocycles. The molecule has 0 aliphatic carbocycles. The number of nitrogens with zero attached hydrogens (tertiary/aromatic N) is 1. The summed E-state index contributed by atoms with van der Waals surface area (Å²) in [6, 6.07) is 0. The molecule has 60 valence electrons. The number of hydrogen-bond donors (Lipinski definition) is 1. The number of hydrogen-bond acceptors (Lipinski definition) is 3. The zero-order valence-electron chi connectivity index (χ0n) is 6.42. The first-order chi connectivity index (χ1) is 5.36. The van der Waals surface area contributed by atoms with Gasteiger partial charge in [0, 0.05) is 12.5 Å². The van der Waals surface area contributed by atoms with Crippen LogP contribution < -0.4 is 5.73 Å². The fourth-order valence-corrected chi connectivity index (χ4v) is 1.54. The van der Waals surface area contributed by atoms with Gasteiger partial charge >= 0.3 is 0 Å². The molecular formula is C8H12N2O. The predicted molar refractivity (Wildman–Crippen MR) is 43.5 cm³/mol. The molecule has 1 unspecified atom stereocenters. The Morgan fingerprint density at radius 3 is 3.09 bits per heavy atom. The Bertz CT molecular complexity index is 214. The summed E-state index contributed by atoms with van der Waals surface area (Å²) < 4.78 is 5.27. The summed E-state index contributed by atoms with van der Waals surface area (Å²) in [5.74, 6) is 1.26. The van der Waals surface area contributed by atoms with Gasteiger partial charge in [-0.2, -0.15) is 0 Å². The number of aliphatic imine (C=N–C) groups is 1. The van der Waals surface area contributed by atoms with Crippen LogP contribution in [0.15, 0.2) is 16.6 Å². The van der Waals surface area contributed by atoms with Crippen LogP contribution in [0.25, 0.3) is 0 Å².